The van der Waals surface area contributed by atoms with Crippen LogP contribution in [0.2, 0.25) is 0 Å². The molecule has 0 saturated heterocycles. The fourth-order valence-electron chi connectivity index (χ4n) is 2.62. The lowest BCUT2D eigenvalue weighted by atomic mass is 10.1. The van der Waals surface area contributed by atoms with Crippen LogP contribution in [0.15, 0.2) is 35.3 Å². The van der Waals surface area contributed by atoms with Gasteiger partial charge in [0.25, 0.3) is 5.91 Å². The van der Waals surface area contributed by atoms with Crippen molar-refractivity contribution in [1.29, 1.82) is 0 Å². The van der Waals surface area contributed by atoms with E-state index in [4.69, 9.17) is 9.47 Å². The predicted molar refractivity (Wildman–Crippen MR) is 104 cm³/mol. The minimum atomic E-state index is -1.51. The number of aromatic amines is 1. The molecular formula is C19H20N2O6S. The number of H-pyrrole nitrogens is 1. The van der Waals surface area contributed by atoms with Crippen molar-refractivity contribution in [3.8, 4) is 11.5 Å². The molecule has 1 aromatic heterocycles. The van der Waals surface area contributed by atoms with Crippen molar-refractivity contribution < 1.29 is 23.3 Å². The Morgan fingerprint density at radius 2 is 2.11 bits per heavy atom. The number of carbonyl (C=O) groups is 2. The third kappa shape index (κ3) is 4.86. The molecule has 28 heavy (non-hydrogen) atoms. The molecule has 1 unspecified atom stereocenters. The van der Waals surface area contributed by atoms with Gasteiger partial charge in [-0.1, -0.05) is 6.92 Å². The normalized spacial score (nSPS) is 13.8. The zero-order valence-corrected chi connectivity index (χ0v) is 16.1. The van der Waals surface area contributed by atoms with Gasteiger partial charge in [-0.05, 0) is 24.6 Å². The van der Waals surface area contributed by atoms with Crippen molar-refractivity contribution in [3.63, 3.8) is 0 Å². The van der Waals surface area contributed by atoms with E-state index in [2.05, 4.69) is 10.3 Å². The quantitative estimate of drug-likeness (QED) is 0.646. The molecule has 0 aliphatic carbocycles. The van der Waals surface area contributed by atoms with Crippen LogP contribution >= 0.6 is 0 Å². The number of ketones is 1. The van der Waals surface area contributed by atoms with Crippen molar-refractivity contribution in [2.75, 3.05) is 24.3 Å². The number of fused-ring (bicyclic) bond motifs is 1. The fourth-order valence-corrected chi connectivity index (χ4v) is 3.69. The molecule has 0 fully saturated rings. The average Bonchev–Trinajstić information content (AvgIpc) is 2.66. The first kappa shape index (κ1) is 19.8. The van der Waals surface area contributed by atoms with Crippen LogP contribution in [0.1, 0.15) is 29.4 Å². The summed E-state index contributed by atoms with van der Waals surface area (Å²) in [6.07, 6.45) is 2.23. The smallest absolute Gasteiger partial charge is 0.262 e. The van der Waals surface area contributed by atoms with E-state index in [9.17, 15) is 18.6 Å². The molecule has 9 heteroatoms. The first-order chi connectivity index (χ1) is 13.5. The predicted octanol–water partition coefficient (Wildman–Crippen LogP) is 1.63. The van der Waals surface area contributed by atoms with E-state index in [0.717, 1.165) is 6.42 Å². The molecule has 2 heterocycles. The molecule has 1 aliphatic heterocycles. The summed E-state index contributed by atoms with van der Waals surface area (Å²) in [5, 5.41) is 2.63. The van der Waals surface area contributed by atoms with Crippen LogP contribution in [0, 0.1) is 0 Å². The molecule has 0 bridgehead atoms. The number of benzene rings is 1. The van der Waals surface area contributed by atoms with Gasteiger partial charge in [0.1, 0.15) is 5.75 Å². The summed E-state index contributed by atoms with van der Waals surface area (Å²) in [7, 11) is -1.51. The molecule has 148 valence electrons. The third-order valence-electron chi connectivity index (χ3n) is 3.94. The lowest BCUT2D eigenvalue weighted by Gasteiger charge is -2.18. The van der Waals surface area contributed by atoms with E-state index in [-0.39, 0.29) is 41.0 Å². The lowest BCUT2D eigenvalue weighted by molar-refractivity contribution is -0.118. The van der Waals surface area contributed by atoms with Gasteiger partial charge in [-0.3, -0.25) is 18.6 Å². The van der Waals surface area contributed by atoms with Crippen LogP contribution in [0.4, 0.5) is 5.69 Å². The van der Waals surface area contributed by atoms with E-state index < -0.39 is 10.8 Å². The fraction of sp³-hybridized carbons (Fsp3) is 0.316. The van der Waals surface area contributed by atoms with Gasteiger partial charge >= 0.3 is 0 Å². The first-order valence-corrected chi connectivity index (χ1v) is 10.2. The number of carbonyl (C=O) groups excluding carboxylic acids is 2. The minimum Gasteiger partial charge on any atom is -0.488 e. The molecule has 1 amide bonds. The minimum absolute atomic E-state index is 0.0415. The van der Waals surface area contributed by atoms with Gasteiger partial charge in [0, 0.05) is 34.3 Å². The van der Waals surface area contributed by atoms with Crippen LogP contribution in [-0.4, -0.2) is 39.8 Å². The second-order valence-electron chi connectivity index (χ2n) is 6.23. The third-order valence-corrected chi connectivity index (χ3v) is 5.16. The number of anilines is 1. The molecule has 2 N–H and O–H groups in total. The van der Waals surface area contributed by atoms with Gasteiger partial charge in [-0.25, -0.2) is 0 Å². The summed E-state index contributed by atoms with van der Waals surface area (Å²) in [5.74, 6) is -0.0861. The SMILES string of the molecule is CCCOc1c[nH]c(CS(=O)CC(=O)c2ccc3c(c2)NC(=O)CO3)cc1=O. The topological polar surface area (TPSA) is 115 Å². The number of hydrogen-bond donors (Lipinski definition) is 2. The Hall–Kier alpha value is -2.94. The van der Waals surface area contributed by atoms with E-state index in [0.29, 0.717) is 29.3 Å². The average molecular weight is 404 g/mol. The monoisotopic (exact) mass is 404 g/mol. The van der Waals surface area contributed by atoms with Crippen LogP contribution in [0.3, 0.4) is 0 Å². The zero-order valence-electron chi connectivity index (χ0n) is 15.3. The maximum Gasteiger partial charge on any atom is 0.262 e. The standard InChI is InChI=1S/C19H20N2O6S/c1-2-5-26-18-8-20-13(7-15(18)22)10-28(25)11-16(23)12-3-4-17-14(6-12)21-19(24)9-27-17/h3-4,6-8H,2,5,9-11H2,1H3,(H,20,22)(H,21,24). The summed E-state index contributed by atoms with van der Waals surface area (Å²) >= 11 is 0. The summed E-state index contributed by atoms with van der Waals surface area (Å²) in [6, 6.07) is 6.00. The van der Waals surface area contributed by atoms with E-state index in [1.54, 1.807) is 12.1 Å². The number of hydrogen-bond acceptors (Lipinski definition) is 6. The molecule has 1 atom stereocenters. The maximum absolute atomic E-state index is 12.4. The molecule has 3 rings (SSSR count). The van der Waals surface area contributed by atoms with Gasteiger partial charge in [-0.15, -0.1) is 0 Å². The molecule has 2 aromatic rings. The van der Waals surface area contributed by atoms with Crippen LogP contribution in [0.5, 0.6) is 11.5 Å². The van der Waals surface area contributed by atoms with Crippen LogP contribution < -0.4 is 20.2 Å². The van der Waals surface area contributed by atoms with Crippen molar-refractivity contribution in [3.05, 3.63) is 51.9 Å². The number of rotatable bonds is 8. The Balaban J connectivity index is 1.62. The molecule has 1 aliphatic rings. The Kier molecular flexibility index (Phi) is 6.25. The molecule has 0 radical (unpaired) electrons. The highest BCUT2D eigenvalue weighted by atomic mass is 32.2. The highest BCUT2D eigenvalue weighted by Crippen LogP contribution is 2.28. The Morgan fingerprint density at radius 3 is 2.86 bits per heavy atom. The van der Waals surface area contributed by atoms with E-state index in [1.807, 2.05) is 6.92 Å². The van der Waals surface area contributed by atoms with Gasteiger partial charge in [0.2, 0.25) is 5.43 Å². The summed E-state index contributed by atoms with van der Waals surface area (Å²) in [6.45, 7) is 2.31. The largest absolute Gasteiger partial charge is 0.488 e. The summed E-state index contributed by atoms with van der Waals surface area (Å²) < 4.78 is 22.9. The highest BCUT2D eigenvalue weighted by molar-refractivity contribution is 7.85. The number of nitrogens with one attached hydrogen (secondary N) is 2. The number of Topliss-reactive ketones (excluding diaryl/α,β-unsaturated/α-hetero) is 1. The highest BCUT2D eigenvalue weighted by Gasteiger charge is 2.19. The molecule has 8 nitrogen and oxygen atoms in total. The second kappa shape index (κ2) is 8.83. The molecule has 0 spiro atoms. The molecule has 1 aromatic carbocycles. The maximum atomic E-state index is 12.4. The van der Waals surface area contributed by atoms with Gasteiger partial charge < -0.3 is 19.8 Å². The molecule has 0 saturated carbocycles. The van der Waals surface area contributed by atoms with E-state index in [1.165, 1.54) is 18.3 Å². The first-order valence-electron chi connectivity index (χ1n) is 8.75. The van der Waals surface area contributed by atoms with Crippen molar-refractivity contribution in [2.45, 2.75) is 19.1 Å². The Labute approximate surface area is 163 Å². The van der Waals surface area contributed by atoms with Crippen molar-refractivity contribution in [1.82, 2.24) is 4.98 Å². The molecular weight excluding hydrogens is 384 g/mol. The number of pyridine rings is 1. The lowest BCUT2D eigenvalue weighted by Crippen LogP contribution is -2.25. The van der Waals surface area contributed by atoms with Crippen LogP contribution in [0.25, 0.3) is 0 Å². The second-order valence-corrected chi connectivity index (χ2v) is 7.69. The number of amides is 1. The van der Waals surface area contributed by atoms with Gasteiger partial charge in [0.15, 0.2) is 18.1 Å². The van der Waals surface area contributed by atoms with Crippen molar-refractivity contribution in [2.24, 2.45) is 0 Å². The number of aromatic nitrogens is 1. The zero-order chi connectivity index (χ0) is 20.1. The summed E-state index contributed by atoms with van der Waals surface area (Å²) in [5.41, 5.74) is 0.914. The number of ether oxygens (including phenoxy) is 2. The van der Waals surface area contributed by atoms with Gasteiger partial charge in [0.05, 0.1) is 23.8 Å². The van der Waals surface area contributed by atoms with Crippen LogP contribution in [-0.2, 0) is 21.3 Å². The summed E-state index contributed by atoms with van der Waals surface area (Å²) in [4.78, 5) is 38.7. The van der Waals surface area contributed by atoms with E-state index >= 15 is 0 Å². The Morgan fingerprint density at radius 1 is 1.29 bits per heavy atom. The Bertz CT molecular complexity index is 985. The van der Waals surface area contributed by atoms with Gasteiger partial charge in [-0.2, -0.15) is 0 Å². The van der Waals surface area contributed by atoms with Crippen molar-refractivity contribution >= 4 is 28.2 Å².